The third-order valence-electron chi connectivity index (χ3n) is 1.77. The number of alkyl halides is 2. The summed E-state index contributed by atoms with van der Waals surface area (Å²) in [6, 6.07) is 6.54. The molecule has 0 radical (unpaired) electrons. The molecular formula is C11H13F2NO. The number of hydrogen-bond acceptors (Lipinski definition) is 2. The number of rotatable bonds is 6. The van der Waals surface area contributed by atoms with Crippen molar-refractivity contribution in [2.45, 2.75) is 13.2 Å². The number of nitrogens with one attached hydrogen (secondary N) is 1. The van der Waals surface area contributed by atoms with Gasteiger partial charge in [-0.05, 0) is 17.7 Å². The standard InChI is InChI=1S/C11H13F2NO/c1-2-7-14-8-9-3-5-10(6-4-9)15-11(12)13/h2-6,11,14H,1,7-8H2. The van der Waals surface area contributed by atoms with Gasteiger partial charge in [0.1, 0.15) is 5.75 Å². The summed E-state index contributed by atoms with van der Waals surface area (Å²) in [5, 5.41) is 3.10. The molecule has 1 N–H and O–H groups in total. The molecule has 0 saturated heterocycles. The Bertz CT molecular complexity index is 298. The van der Waals surface area contributed by atoms with Gasteiger partial charge >= 0.3 is 6.61 Å². The van der Waals surface area contributed by atoms with Crippen molar-refractivity contribution in [3.63, 3.8) is 0 Å². The van der Waals surface area contributed by atoms with Gasteiger partial charge in [0, 0.05) is 13.1 Å². The lowest BCUT2D eigenvalue weighted by Crippen LogP contribution is -2.12. The van der Waals surface area contributed by atoms with E-state index in [2.05, 4.69) is 16.6 Å². The van der Waals surface area contributed by atoms with Gasteiger partial charge in [-0.2, -0.15) is 8.78 Å². The van der Waals surface area contributed by atoms with Gasteiger partial charge in [0.25, 0.3) is 0 Å². The van der Waals surface area contributed by atoms with Crippen LogP contribution < -0.4 is 10.1 Å². The zero-order valence-corrected chi connectivity index (χ0v) is 8.25. The Morgan fingerprint density at radius 3 is 2.53 bits per heavy atom. The highest BCUT2D eigenvalue weighted by Crippen LogP contribution is 2.14. The molecule has 0 unspecified atom stereocenters. The Morgan fingerprint density at radius 1 is 1.33 bits per heavy atom. The van der Waals surface area contributed by atoms with E-state index in [1.54, 1.807) is 18.2 Å². The van der Waals surface area contributed by atoms with Crippen LogP contribution in [0.4, 0.5) is 8.78 Å². The third kappa shape index (κ3) is 4.56. The van der Waals surface area contributed by atoms with Crippen LogP contribution in [0.3, 0.4) is 0 Å². The molecule has 1 aromatic rings. The molecule has 1 rings (SSSR count). The minimum atomic E-state index is -2.77. The van der Waals surface area contributed by atoms with Crippen LogP contribution in [-0.2, 0) is 6.54 Å². The zero-order chi connectivity index (χ0) is 11.1. The molecule has 0 saturated carbocycles. The normalized spacial score (nSPS) is 10.3. The lowest BCUT2D eigenvalue weighted by Gasteiger charge is -2.05. The topological polar surface area (TPSA) is 21.3 Å². The number of benzene rings is 1. The molecule has 1 aromatic carbocycles. The average Bonchev–Trinajstić information content (AvgIpc) is 2.20. The molecule has 0 amide bonds. The van der Waals surface area contributed by atoms with E-state index in [0.717, 1.165) is 12.1 Å². The summed E-state index contributed by atoms with van der Waals surface area (Å²) < 4.78 is 27.9. The monoisotopic (exact) mass is 213 g/mol. The van der Waals surface area contributed by atoms with E-state index in [1.165, 1.54) is 12.1 Å². The summed E-state index contributed by atoms with van der Waals surface area (Å²) in [5.41, 5.74) is 1.01. The lowest BCUT2D eigenvalue weighted by atomic mass is 10.2. The Morgan fingerprint density at radius 2 is 2.00 bits per heavy atom. The fraction of sp³-hybridized carbons (Fsp3) is 0.273. The number of halogens is 2. The molecule has 82 valence electrons. The van der Waals surface area contributed by atoms with E-state index in [9.17, 15) is 8.78 Å². The fourth-order valence-electron chi connectivity index (χ4n) is 1.11. The van der Waals surface area contributed by atoms with Crippen molar-refractivity contribution >= 4 is 0 Å². The van der Waals surface area contributed by atoms with Crippen LogP contribution >= 0.6 is 0 Å². The smallest absolute Gasteiger partial charge is 0.387 e. The van der Waals surface area contributed by atoms with E-state index in [1.807, 2.05) is 0 Å². The molecule has 0 aliphatic heterocycles. The predicted molar refractivity (Wildman–Crippen MR) is 55.0 cm³/mol. The van der Waals surface area contributed by atoms with E-state index in [-0.39, 0.29) is 5.75 Å². The first kappa shape index (κ1) is 11.7. The van der Waals surface area contributed by atoms with Crippen LogP contribution in [0.2, 0.25) is 0 Å². The molecule has 0 atom stereocenters. The maximum Gasteiger partial charge on any atom is 0.387 e. The van der Waals surface area contributed by atoms with Crippen LogP contribution in [0.25, 0.3) is 0 Å². The van der Waals surface area contributed by atoms with Crippen molar-refractivity contribution in [1.29, 1.82) is 0 Å². The Labute approximate surface area is 87.6 Å². The average molecular weight is 213 g/mol. The number of hydrogen-bond donors (Lipinski definition) is 1. The van der Waals surface area contributed by atoms with Crippen molar-refractivity contribution in [1.82, 2.24) is 5.32 Å². The molecule has 0 aliphatic carbocycles. The van der Waals surface area contributed by atoms with Gasteiger partial charge in [0.05, 0.1) is 0 Å². The fourth-order valence-corrected chi connectivity index (χ4v) is 1.11. The zero-order valence-electron chi connectivity index (χ0n) is 8.25. The van der Waals surface area contributed by atoms with Gasteiger partial charge in [-0.3, -0.25) is 0 Å². The van der Waals surface area contributed by atoms with Gasteiger partial charge < -0.3 is 10.1 Å². The van der Waals surface area contributed by atoms with Gasteiger partial charge in [-0.1, -0.05) is 18.2 Å². The molecule has 15 heavy (non-hydrogen) atoms. The maximum atomic E-state index is 11.8. The van der Waals surface area contributed by atoms with E-state index < -0.39 is 6.61 Å². The first-order valence-electron chi connectivity index (χ1n) is 4.57. The van der Waals surface area contributed by atoms with Crippen LogP contribution in [0.15, 0.2) is 36.9 Å². The lowest BCUT2D eigenvalue weighted by molar-refractivity contribution is -0.0498. The van der Waals surface area contributed by atoms with Crippen LogP contribution in [0.5, 0.6) is 5.75 Å². The molecule has 0 aliphatic rings. The van der Waals surface area contributed by atoms with E-state index >= 15 is 0 Å². The van der Waals surface area contributed by atoms with Crippen LogP contribution in [0, 0.1) is 0 Å². The van der Waals surface area contributed by atoms with Gasteiger partial charge in [0.15, 0.2) is 0 Å². The Kier molecular flexibility index (Phi) is 4.77. The molecule has 2 nitrogen and oxygen atoms in total. The number of ether oxygens (including phenoxy) is 1. The van der Waals surface area contributed by atoms with Crippen molar-refractivity contribution in [3.8, 4) is 5.75 Å². The highest BCUT2D eigenvalue weighted by molar-refractivity contribution is 5.27. The Balaban J connectivity index is 2.45. The SMILES string of the molecule is C=CCNCc1ccc(OC(F)F)cc1. The molecular weight excluding hydrogens is 200 g/mol. The summed E-state index contributed by atoms with van der Waals surface area (Å²) >= 11 is 0. The van der Waals surface area contributed by atoms with E-state index in [4.69, 9.17) is 0 Å². The highest BCUT2D eigenvalue weighted by Gasteiger charge is 2.03. The molecule has 0 aromatic heterocycles. The van der Waals surface area contributed by atoms with Gasteiger partial charge in [-0.15, -0.1) is 6.58 Å². The maximum absolute atomic E-state index is 11.8. The minimum Gasteiger partial charge on any atom is -0.435 e. The largest absolute Gasteiger partial charge is 0.435 e. The molecule has 4 heteroatoms. The summed E-state index contributed by atoms with van der Waals surface area (Å²) in [6.07, 6.45) is 1.76. The molecule has 0 spiro atoms. The van der Waals surface area contributed by atoms with Crippen molar-refractivity contribution < 1.29 is 13.5 Å². The van der Waals surface area contributed by atoms with Crippen molar-refractivity contribution in [2.24, 2.45) is 0 Å². The molecule has 0 bridgehead atoms. The summed E-state index contributed by atoms with van der Waals surface area (Å²) in [7, 11) is 0. The molecule has 0 heterocycles. The predicted octanol–water partition coefficient (Wildman–Crippen LogP) is 2.56. The molecule has 0 fully saturated rings. The van der Waals surface area contributed by atoms with Crippen molar-refractivity contribution in [3.05, 3.63) is 42.5 Å². The van der Waals surface area contributed by atoms with Crippen LogP contribution in [-0.4, -0.2) is 13.2 Å². The first-order chi connectivity index (χ1) is 7.22. The Hall–Kier alpha value is -1.42. The minimum absolute atomic E-state index is 0.178. The quantitative estimate of drug-likeness (QED) is 0.579. The second-order valence-electron chi connectivity index (χ2n) is 2.94. The van der Waals surface area contributed by atoms with Crippen molar-refractivity contribution in [2.75, 3.05) is 6.54 Å². The summed E-state index contributed by atoms with van der Waals surface area (Å²) in [6.45, 7) is 2.20. The second kappa shape index (κ2) is 6.14. The third-order valence-corrected chi connectivity index (χ3v) is 1.77. The van der Waals surface area contributed by atoms with Gasteiger partial charge in [-0.25, -0.2) is 0 Å². The van der Waals surface area contributed by atoms with E-state index in [0.29, 0.717) is 6.54 Å². The van der Waals surface area contributed by atoms with Gasteiger partial charge in [0.2, 0.25) is 0 Å². The summed E-state index contributed by atoms with van der Waals surface area (Å²) in [4.78, 5) is 0. The first-order valence-corrected chi connectivity index (χ1v) is 4.57. The highest BCUT2D eigenvalue weighted by atomic mass is 19.3. The summed E-state index contributed by atoms with van der Waals surface area (Å²) in [5.74, 6) is 0.178. The second-order valence-corrected chi connectivity index (χ2v) is 2.94. The van der Waals surface area contributed by atoms with Crippen LogP contribution in [0.1, 0.15) is 5.56 Å².